The third-order valence-corrected chi connectivity index (χ3v) is 3.03. The lowest BCUT2D eigenvalue weighted by Gasteiger charge is -2.28. The zero-order valence-corrected chi connectivity index (χ0v) is 12.4. The van der Waals surface area contributed by atoms with E-state index in [1.165, 1.54) is 4.90 Å². The Morgan fingerprint density at radius 1 is 1.35 bits per heavy atom. The minimum Gasteiger partial charge on any atom is -0.362 e. The van der Waals surface area contributed by atoms with E-state index >= 15 is 0 Å². The summed E-state index contributed by atoms with van der Waals surface area (Å²) >= 11 is 5.93. The van der Waals surface area contributed by atoms with Gasteiger partial charge in [0.15, 0.2) is 0 Å². The van der Waals surface area contributed by atoms with Gasteiger partial charge in [-0.2, -0.15) is 13.2 Å². The number of nitrogens with zero attached hydrogens (tertiary/aromatic N) is 1. The van der Waals surface area contributed by atoms with Crippen molar-refractivity contribution in [1.29, 1.82) is 0 Å². The summed E-state index contributed by atoms with van der Waals surface area (Å²) in [6.45, 7) is 3.02. The molecule has 0 radical (unpaired) electrons. The summed E-state index contributed by atoms with van der Waals surface area (Å²) in [5.74, 6) is 0. The molecule has 1 rings (SSSR count). The summed E-state index contributed by atoms with van der Waals surface area (Å²) < 4.78 is 38.1. The second-order valence-corrected chi connectivity index (χ2v) is 5.43. The molecule has 0 fully saturated rings. The number of hydrogen-bond donors (Lipinski definition) is 1. The maximum absolute atomic E-state index is 12.7. The highest BCUT2D eigenvalue weighted by atomic mass is 35.5. The number of anilines is 1. The molecule has 0 amide bonds. The van der Waals surface area contributed by atoms with Crippen LogP contribution in [0.5, 0.6) is 0 Å². The molecule has 1 aromatic rings. The number of benzene rings is 1. The molecule has 1 aromatic carbocycles. The van der Waals surface area contributed by atoms with Gasteiger partial charge in [0.2, 0.25) is 0 Å². The molecule has 0 saturated heterocycles. The number of rotatable bonds is 6. The average Bonchev–Trinajstić information content (AvgIpc) is 2.28. The van der Waals surface area contributed by atoms with Gasteiger partial charge in [-0.3, -0.25) is 0 Å². The van der Waals surface area contributed by atoms with Crippen LogP contribution < -0.4 is 10.6 Å². The molecule has 0 aromatic heterocycles. The zero-order valence-electron chi connectivity index (χ0n) is 11.7. The highest BCUT2D eigenvalue weighted by molar-refractivity contribution is 6.30. The van der Waals surface area contributed by atoms with Crippen molar-refractivity contribution in [3.63, 3.8) is 0 Å². The van der Waals surface area contributed by atoms with Crippen LogP contribution in [0.15, 0.2) is 18.2 Å². The number of halogens is 4. The third kappa shape index (κ3) is 5.59. The lowest BCUT2D eigenvalue weighted by Crippen LogP contribution is -2.35. The SMILES string of the molecule is CCCN(CC(F)(F)F)c1cc(Cl)ccc1CC(C)N. The number of hydrogen-bond acceptors (Lipinski definition) is 2. The molecule has 114 valence electrons. The van der Waals surface area contributed by atoms with Crippen molar-refractivity contribution in [3.8, 4) is 0 Å². The van der Waals surface area contributed by atoms with Gasteiger partial charge in [-0.15, -0.1) is 0 Å². The first kappa shape index (κ1) is 17.1. The molecule has 0 spiro atoms. The van der Waals surface area contributed by atoms with Gasteiger partial charge >= 0.3 is 6.18 Å². The van der Waals surface area contributed by atoms with E-state index in [1.54, 1.807) is 18.2 Å². The summed E-state index contributed by atoms with van der Waals surface area (Å²) in [7, 11) is 0. The molecule has 2 nitrogen and oxygen atoms in total. The van der Waals surface area contributed by atoms with Crippen molar-refractivity contribution in [2.75, 3.05) is 18.0 Å². The third-order valence-electron chi connectivity index (χ3n) is 2.79. The van der Waals surface area contributed by atoms with Crippen LogP contribution in [0.2, 0.25) is 5.02 Å². The van der Waals surface area contributed by atoms with E-state index < -0.39 is 12.7 Å². The van der Waals surface area contributed by atoms with Gasteiger partial charge in [0.25, 0.3) is 0 Å². The largest absolute Gasteiger partial charge is 0.405 e. The van der Waals surface area contributed by atoms with E-state index in [2.05, 4.69) is 0 Å². The monoisotopic (exact) mass is 308 g/mol. The first-order valence-corrected chi connectivity index (χ1v) is 6.96. The Bertz CT molecular complexity index is 433. The average molecular weight is 309 g/mol. The molecule has 0 aliphatic rings. The summed E-state index contributed by atoms with van der Waals surface area (Å²) in [4.78, 5) is 1.32. The molecule has 0 saturated carbocycles. The molecule has 0 aliphatic heterocycles. The molecule has 1 atom stereocenters. The van der Waals surface area contributed by atoms with Crippen LogP contribution in [0, 0.1) is 0 Å². The van der Waals surface area contributed by atoms with Crippen molar-refractivity contribution in [1.82, 2.24) is 0 Å². The fourth-order valence-corrected chi connectivity index (χ4v) is 2.29. The van der Waals surface area contributed by atoms with E-state index in [9.17, 15) is 13.2 Å². The van der Waals surface area contributed by atoms with Crippen LogP contribution in [-0.4, -0.2) is 25.3 Å². The molecule has 6 heteroatoms. The second kappa shape index (κ2) is 7.18. The van der Waals surface area contributed by atoms with E-state index in [4.69, 9.17) is 17.3 Å². The maximum atomic E-state index is 12.7. The van der Waals surface area contributed by atoms with Crippen LogP contribution in [0.1, 0.15) is 25.8 Å². The van der Waals surface area contributed by atoms with E-state index in [0.29, 0.717) is 30.1 Å². The van der Waals surface area contributed by atoms with Crippen LogP contribution in [0.3, 0.4) is 0 Å². The normalized spacial score (nSPS) is 13.3. The van der Waals surface area contributed by atoms with Crippen LogP contribution in [0.4, 0.5) is 18.9 Å². The summed E-state index contributed by atoms with van der Waals surface area (Å²) in [5.41, 5.74) is 7.07. The van der Waals surface area contributed by atoms with Crippen LogP contribution in [-0.2, 0) is 6.42 Å². The zero-order chi connectivity index (χ0) is 15.3. The fourth-order valence-electron chi connectivity index (χ4n) is 2.12. The van der Waals surface area contributed by atoms with Crippen LogP contribution in [0.25, 0.3) is 0 Å². The topological polar surface area (TPSA) is 29.3 Å². The maximum Gasteiger partial charge on any atom is 0.405 e. The Morgan fingerprint density at radius 3 is 2.50 bits per heavy atom. The molecular weight excluding hydrogens is 289 g/mol. The minimum atomic E-state index is -4.25. The lowest BCUT2D eigenvalue weighted by molar-refractivity contribution is -0.119. The first-order chi connectivity index (χ1) is 9.23. The number of nitrogens with two attached hydrogens (primary N) is 1. The summed E-state index contributed by atoms with van der Waals surface area (Å²) in [5, 5.41) is 0.428. The van der Waals surface area contributed by atoms with Gasteiger partial charge in [0, 0.05) is 23.3 Å². The van der Waals surface area contributed by atoms with E-state index in [0.717, 1.165) is 5.56 Å². The second-order valence-electron chi connectivity index (χ2n) is 4.99. The Balaban J connectivity index is 3.12. The van der Waals surface area contributed by atoms with Crippen molar-refractivity contribution in [2.24, 2.45) is 5.73 Å². The Hall–Kier alpha value is -0.940. The van der Waals surface area contributed by atoms with Crippen LogP contribution >= 0.6 is 11.6 Å². The predicted molar refractivity (Wildman–Crippen MR) is 77.4 cm³/mol. The highest BCUT2D eigenvalue weighted by Crippen LogP contribution is 2.29. The molecule has 20 heavy (non-hydrogen) atoms. The van der Waals surface area contributed by atoms with Crippen molar-refractivity contribution in [2.45, 2.75) is 38.9 Å². The molecule has 1 unspecified atom stereocenters. The van der Waals surface area contributed by atoms with Gasteiger partial charge in [0.1, 0.15) is 6.54 Å². The number of alkyl halides is 3. The van der Waals surface area contributed by atoms with Crippen molar-refractivity contribution < 1.29 is 13.2 Å². The first-order valence-electron chi connectivity index (χ1n) is 6.58. The molecule has 0 heterocycles. The van der Waals surface area contributed by atoms with Crippen molar-refractivity contribution in [3.05, 3.63) is 28.8 Å². The van der Waals surface area contributed by atoms with Crippen molar-refractivity contribution >= 4 is 17.3 Å². The molecule has 0 bridgehead atoms. The highest BCUT2D eigenvalue weighted by Gasteiger charge is 2.31. The Kier molecular flexibility index (Phi) is 6.14. The molecule has 0 aliphatic carbocycles. The lowest BCUT2D eigenvalue weighted by atomic mass is 10.0. The van der Waals surface area contributed by atoms with Gasteiger partial charge in [-0.05, 0) is 37.5 Å². The predicted octanol–water partition coefficient (Wildman–Crippen LogP) is 4.01. The summed E-state index contributed by atoms with van der Waals surface area (Å²) in [6, 6.07) is 4.89. The Labute approximate surface area is 122 Å². The fraction of sp³-hybridized carbons (Fsp3) is 0.571. The summed E-state index contributed by atoms with van der Waals surface area (Å²) in [6.07, 6.45) is -3.10. The van der Waals surface area contributed by atoms with Gasteiger partial charge < -0.3 is 10.6 Å². The minimum absolute atomic E-state index is 0.121. The van der Waals surface area contributed by atoms with Gasteiger partial charge in [-0.1, -0.05) is 24.6 Å². The quantitative estimate of drug-likeness (QED) is 0.860. The smallest absolute Gasteiger partial charge is 0.362 e. The van der Waals surface area contributed by atoms with E-state index in [1.807, 2.05) is 13.8 Å². The Morgan fingerprint density at radius 2 is 2.00 bits per heavy atom. The van der Waals surface area contributed by atoms with Gasteiger partial charge in [-0.25, -0.2) is 0 Å². The standard InChI is InChI=1S/C14H20ClF3N2/c1-3-6-20(9-14(16,17)18)13-8-12(15)5-4-11(13)7-10(2)19/h4-5,8,10H,3,6-7,9,19H2,1-2H3. The molecule has 2 N–H and O–H groups in total. The van der Waals surface area contributed by atoms with Gasteiger partial charge in [0.05, 0.1) is 0 Å². The van der Waals surface area contributed by atoms with E-state index in [-0.39, 0.29) is 6.04 Å². The molecular formula is C14H20ClF3N2.